The molecular weight excluding hydrogens is 233 g/mol. The number of fused-ring (bicyclic) bond motifs is 1. The second-order valence-corrected chi connectivity index (χ2v) is 3.98. The van der Waals surface area contributed by atoms with Crippen LogP contribution in [0.2, 0.25) is 5.02 Å². The molecule has 1 heterocycles. The normalized spacial score (nSPS) is 12.3. The van der Waals surface area contributed by atoms with Gasteiger partial charge < -0.3 is 0 Å². The number of hydrogen-bond donors (Lipinski definition) is 0. The Balaban J connectivity index is 2.71. The molecule has 0 aliphatic rings. The molecule has 0 amide bonds. The summed E-state index contributed by atoms with van der Waals surface area (Å²) in [6.07, 6.45) is -4.38. The van der Waals surface area contributed by atoms with Crippen LogP contribution in [0.4, 0.5) is 13.2 Å². The summed E-state index contributed by atoms with van der Waals surface area (Å²) in [6.45, 7) is 0. The van der Waals surface area contributed by atoms with Gasteiger partial charge in [0.05, 0.1) is 10.6 Å². The van der Waals surface area contributed by atoms with E-state index in [-0.39, 0.29) is 5.02 Å². The van der Waals surface area contributed by atoms with E-state index in [1.54, 1.807) is 10.8 Å². The molecule has 2 aromatic rings. The third-order valence-electron chi connectivity index (χ3n) is 1.87. The Morgan fingerprint density at radius 3 is 2.21 bits per heavy atom. The second kappa shape index (κ2) is 3.14. The first kappa shape index (κ1) is 9.80. The Kier molecular flexibility index (Phi) is 2.20. The highest BCUT2D eigenvalue weighted by Crippen LogP contribution is 2.37. The molecule has 0 saturated heterocycles. The molecule has 0 unspecified atom stereocenters. The number of thiophene rings is 1. The minimum Gasteiger partial charge on any atom is -0.166 e. The van der Waals surface area contributed by atoms with Gasteiger partial charge >= 0.3 is 6.18 Å². The monoisotopic (exact) mass is 236 g/mol. The maximum Gasteiger partial charge on any atom is 0.417 e. The van der Waals surface area contributed by atoms with Crippen molar-refractivity contribution in [1.82, 2.24) is 0 Å². The summed E-state index contributed by atoms with van der Waals surface area (Å²) in [5.41, 5.74) is -0.773. The number of benzene rings is 1. The Hall–Kier alpha value is -0.740. The van der Waals surface area contributed by atoms with Crippen LogP contribution in [-0.2, 0) is 6.18 Å². The summed E-state index contributed by atoms with van der Waals surface area (Å²) in [4.78, 5) is 0. The van der Waals surface area contributed by atoms with E-state index in [1.165, 1.54) is 17.4 Å². The van der Waals surface area contributed by atoms with Gasteiger partial charge in [0.1, 0.15) is 0 Å². The van der Waals surface area contributed by atoms with Crippen LogP contribution in [-0.4, -0.2) is 0 Å². The first-order valence-electron chi connectivity index (χ1n) is 3.71. The highest BCUT2D eigenvalue weighted by molar-refractivity contribution is 7.09. The Morgan fingerprint density at radius 1 is 1.07 bits per heavy atom. The summed E-state index contributed by atoms with van der Waals surface area (Å²) in [5.74, 6) is 0. The number of rotatable bonds is 0. The van der Waals surface area contributed by atoms with E-state index in [4.69, 9.17) is 11.6 Å². The van der Waals surface area contributed by atoms with Gasteiger partial charge in [0, 0.05) is 0 Å². The molecule has 0 aliphatic heterocycles. The van der Waals surface area contributed by atoms with E-state index in [2.05, 4.69) is 0 Å². The van der Waals surface area contributed by atoms with E-state index in [0.717, 1.165) is 11.5 Å². The van der Waals surface area contributed by atoms with Crippen molar-refractivity contribution in [3.8, 4) is 0 Å². The Bertz CT molecular complexity index is 472. The van der Waals surface area contributed by atoms with E-state index in [0.29, 0.717) is 5.39 Å². The van der Waals surface area contributed by atoms with Crippen LogP contribution in [0, 0.1) is 0 Å². The maximum absolute atomic E-state index is 12.4. The van der Waals surface area contributed by atoms with Crippen LogP contribution in [0.25, 0.3) is 10.8 Å². The number of halogens is 4. The van der Waals surface area contributed by atoms with Crippen LogP contribution >= 0.6 is 22.9 Å². The molecule has 0 radical (unpaired) electrons. The molecule has 0 atom stereocenters. The van der Waals surface area contributed by atoms with E-state index in [9.17, 15) is 13.2 Å². The summed E-state index contributed by atoms with van der Waals surface area (Å²) >= 11 is 6.88. The largest absolute Gasteiger partial charge is 0.417 e. The quantitative estimate of drug-likeness (QED) is 0.628. The summed E-state index contributed by atoms with van der Waals surface area (Å²) in [7, 11) is 0. The lowest BCUT2D eigenvalue weighted by Crippen LogP contribution is -2.05. The second-order valence-electron chi connectivity index (χ2n) is 2.83. The van der Waals surface area contributed by atoms with Gasteiger partial charge in [-0.1, -0.05) is 11.6 Å². The molecule has 0 spiro atoms. The SMILES string of the molecule is FC(F)(F)c1cc2cscc2cc1Cl. The van der Waals surface area contributed by atoms with Crippen molar-refractivity contribution >= 4 is 33.7 Å². The van der Waals surface area contributed by atoms with Crippen LogP contribution < -0.4 is 0 Å². The minimum absolute atomic E-state index is 0.247. The van der Waals surface area contributed by atoms with Crippen LogP contribution in [0.1, 0.15) is 5.56 Å². The highest BCUT2D eigenvalue weighted by Gasteiger charge is 2.33. The molecule has 0 saturated carbocycles. The molecule has 2 rings (SSSR count). The molecule has 0 bridgehead atoms. The van der Waals surface area contributed by atoms with Crippen molar-refractivity contribution in [3.63, 3.8) is 0 Å². The summed E-state index contributed by atoms with van der Waals surface area (Å²) < 4.78 is 37.2. The fraction of sp³-hybridized carbons (Fsp3) is 0.111. The lowest BCUT2D eigenvalue weighted by molar-refractivity contribution is -0.137. The zero-order valence-electron chi connectivity index (χ0n) is 6.73. The van der Waals surface area contributed by atoms with Crippen molar-refractivity contribution in [2.45, 2.75) is 6.18 Å². The molecule has 5 heteroatoms. The van der Waals surface area contributed by atoms with Crippen molar-refractivity contribution in [2.75, 3.05) is 0 Å². The molecule has 0 N–H and O–H groups in total. The van der Waals surface area contributed by atoms with Crippen LogP contribution in [0.3, 0.4) is 0 Å². The number of hydrogen-bond acceptors (Lipinski definition) is 1. The van der Waals surface area contributed by atoms with Crippen molar-refractivity contribution in [2.24, 2.45) is 0 Å². The first-order chi connectivity index (χ1) is 6.48. The molecule has 0 nitrogen and oxygen atoms in total. The van der Waals surface area contributed by atoms with Gasteiger partial charge in [-0.05, 0) is 33.7 Å². The third-order valence-corrected chi connectivity index (χ3v) is 2.96. The van der Waals surface area contributed by atoms with Crippen LogP contribution in [0.5, 0.6) is 0 Å². The van der Waals surface area contributed by atoms with Crippen molar-refractivity contribution in [3.05, 3.63) is 33.5 Å². The average Bonchev–Trinajstić information content (AvgIpc) is 2.47. The van der Waals surface area contributed by atoms with Gasteiger partial charge in [0.2, 0.25) is 0 Å². The predicted octanol–water partition coefficient (Wildman–Crippen LogP) is 4.57. The van der Waals surface area contributed by atoms with E-state index >= 15 is 0 Å². The Morgan fingerprint density at radius 2 is 1.64 bits per heavy atom. The predicted molar refractivity (Wildman–Crippen MR) is 51.8 cm³/mol. The van der Waals surface area contributed by atoms with Gasteiger partial charge in [-0.25, -0.2) is 0 Å². The summed E-state index contributed by atoms with van der Waals surface area (Å²) in [5, 5.41) is 4.51. The van der Waals surface area contributed by atoms with Gasteiger partial charge in [-0.15, -0.1) is 0 Å². The lowest BCUT2D eigenvalue weighted by Gasteiger charge is -2.08. The zero-order valence-corrected chi connectivity index (χ0v) is 8.30. The zero-order chi connectivity index (χ0) is 10.3. The van der Waals surface area contributed by atoms with Crippen molar-refractivity contribution in [1.29, 1.82) is 0 Å². The molecule has 0 aliphatic carbocycles. The van der Waals surface area contributed by atoms with Gasteiger partial charge in [-0.2, -0.15) is 24.5 Å². The van der Waals surface area contributed by atoms with Gasteiger partial charge in [0.15, 0.2) is 0 Å². The van der Waals surface area contributed by atoms with E-state index in [1.807, 2.05) is 0 Å². The minimum atomic E-state index is -4.38. The maximum atomic E-state index is 12.4. The standard InChI is InChI=1S/C9H4ClF3S/c10-8-2-6-4-14-3-5(6)1-7(8)9(11,12)13/h1-4H. The molecular formula is C9H4ClF3S. The lowest BCUT2D eigenvalue weighted by atomic mass is 10.1. The Labute approximate surface area is 86.9 Å². The van der Waals surface area contributed by atoms with Crippen molar-refractivity contribution < 1.29 is 13.2 Å². The van der Waals surface area contributed by atoms with Gasteiger partial charge in [0.25, 0.3) is 0 Å². The smallest absolute Gasteiger partial charge is 0.166 e. The first-order valence-corrected chi connectivity index (χ1v) is 5.03. The van der Waals surface area contributed by atoms with E-state index < -0.39 is 11.7 Å². The fourth-order valence-electron chi connectivity index (χ4n) is 1.21. The molecule has 0 fully saturated rings. The average molecular weight is 237 g/mol. The fourth-order valence-corrected chi connectivity index (χ4v) is 2.26. The number of alkyl halides is 3. The third kappa shape index (κ3) is 1.60. The topological polar surface area (TPSA) is 0 Å². The van der Waals surface area contributed by atoms with Gasteiger partial charge in [-0.3, -0.25) is 0 Å². The highest BCUT2D eigenvalue weighted by atomic mass is 35.5. The molecule has 74 valence electrons. The van der Waals surface area contributed by atoms with Crippen LogP contribution in [0.15, 0.2) is 22.9 Å². The summed E-state index contributed by atoms with van der Waals surface area (Å²) in [6, 6.07) is 2.42. The molecule has 1 aromatic heterocycles. The molecule has 1 aromatic carbocycles. The molecule has 14 heavy (non-hydrogen) atoms.